The Morgan fingerprint density at radius 1 is 0.810 bits per heavy atom. The van der Waals surface area contributed by atoms with Gasteiger partial charge in [-0.05, 0) is 37.0 Å². The molecule has 120 valence electrons. The molecule has 1 aromatic rings. The maximum absolute atomic E-state index is 12.2. The molecule has 0 aliphatic rings. The van der Waals surface area contributed by atoms with Gasteiger partial charge in [0.25, 0.3) is 0 Å². The van der Waals surface area contributed by atoms with Gasteiger partial charge in [0.2, 0.25) is 0 Å². The maximum atomic E-state index is 12.2. The third-order valence-electron chi connectivity index (χ3n) is 4.02. The van der Waals surface area contributed by atoms with Crippen LogP contribution in [-0.2, 0) is 11.2 Å². The average Bonchev–Trinajstić information content (AvgIpc) is 2.49. The van der Waals surface area contributed by atoms with Gasteiger partial charge in [0.05, 0.1) is 0 Å². The summed E-state index contributed by atoms with van der Waals surface area (Å²) in [5, 5.41) is 0. The van der Waals surface area contributed by atoms with Crippen molar-refractivity contribution in [3.63, 3.8) is 0 Å². The van der Waals surface area contributed by atoms with E-state index in [1.54, 1.807) is 0 Å². The minimum absolute atomic E-state index is 0.808. The number of rotatable bonds is 12. The Morgan fingerprint density at radius 2 is 1.33 bits per heavy atom. The molecule has 0 aromatic heterocycles. The van der Waals surface area contributed by atoms with Crippen molar-refractivity contribution in [2.24, 2.45) is 0 Å². The highest BCUT2D eigenvalue weighted by Gasteiger charge is 2.12. The van der Waals surface area contributed by atoms with E-state index in [0.717, 1.165) is 22.6 Å². The predicted octanol–water partition coefficient (Wildman–Crippen LogP) is 6.02. The molecule has 1 rings (SSSR count). The van der Waals surface area contributed by atoms with Crippen molar-refractivity contribution < 1.29 is 4.55 Å². The quantitative estimate of drug-likeness (QED) is 0.342. The van der Waals surface area contributed by atoms with Gasteiger partial charge in [-0.25, -0.2) is 0 Å². The molecule has 0 amide bonds. The molecule has 0 bridgehead atoms. The Balaban J connectivity index is 1.98. The molecule has 0 spiro atoms. The second-order valence-electron chi connectivity index (χ2n) is 6.00. The summed E-state index contributed by atoms with van der Waals surface area (Å²) in [6.45, 7) is 4.31. The summed E-state index contributed by atoms with van der Waals surface area (Å²) in [5.41, 5.74) is 1.16. The lowest BCUT2D eigenvalue weighted by atomic mass is 10.1. The van der Waals surface area contributed by atoms with Crippen molar-refractivity contribution in [1.29, 1.82) is 0 Å². The molecular weight excluding hydrogens is 276 g/mol. The van der Waals surface area contributed by atoms with Gasteiger partial charge in [-0.2, -0.15) is 0 Å². The van der Waals surface area contributed by atoms with Crippen LogP contribution in [0.25, 0.3) is 0 Å². The van der Waals surface area contributed by atoms with Gasteiger partial charge in [0, 0.05) is 5.56 Å². The Bertz CT molecular complexity index is 364. The van der Waals surface area contributed by atoms with Crippen LogP contribution in [0.2, 0.25) is 0 Å². The first-order valence-electron chi connectivity index (χ1n) is 8.69. The molecule has 0 saturated carbocycles. The first-order valence-corrected chi connectivity index (χ1v) is 10.0. The molecule has 21 heavy (non-hydrogen) atoms. The highest BCUT2D eigenvalue weighted by atomic mass is 32.2. The molecule has 1 nitrogen and oxygen atoms in total. The number of benzene rings is 1. The Hall–Kier alpha value is -0.470. The standard InChI is InChI=1S/C19H32OS/c1-3-4-5-6-7-8-9-10-11-14-17-21(20)19-16-13-12-15-18(19)2/h12-13,15-16H,3-11,14,17H2,1-2H3. The lowest BCUT2D eigenvalue weighted by Crippen LogP contribution is -2.08. The van der Waals surface area contributed by atoms with Crippen molar-refractivity contribution in [2.75, 3.05) is 5.75 Å². The molecule has 0 aliphatic carbocycles. The van der Waals surface area contributed by atoms with E-state index in [9.17, 15) is 4.55 Å². The summed E-state index contributed by atoms with van der Waals surface area (Å²) in [5.74, 6) is 0.821. The van der Waals surface area contributed by atoms with E-state index in [-0.39, 0.29) is 0 Å². The van der Waals surface area contributed by atoms with Crippen LogP contribution >= 0.6 is 0 Å². The normalized spacial score (nSPS) is 12.5. The van der Waals surface area contributed by atoms with Crippen LogP contribution in [-0.4, -0.2) is 10.3 Å². The molecule has 2 heteroatoms. The lowest BCUT2D eigenvalue weighted by Gasteiger charge is -2.12. The maximum Gasteiger partial charge on any atom is 0.155 e. The molecule has 1 aromatic carbocycles. The van der Waals surface area contributed by atoms with Gasteiger partial charge >= 0.3 is 0 Å². The van der Waals surface area contributed by atoms with Gasteiger partial charge in [0.1, 0.15) is 5.75 Å². The SMILES string of the molecule is CCCCCCCCCCCC[S+]([O-])c1ccccc1C. The van der Waals surface area contributed by atoms with E-state index in [1.807, 2.05) is 31.2 Å². The smallest absolute Gasteiger partial charge is 0.155 e. The largest absolute Gasteiger partial charge is 0.611 e. The minimum Gasteiger partial charge on any atom is -0.611 e. The van der Waals surface area contributed by atoms with E-state index in [2.05, 4.69) is 6.92 Å². The molecular formula is C19H32OS. The second kappa shape index (κ2) is 12.1. The van der Waals surface area contributed by atoms with E-state index in [4.69, 9.17) is 0 Å². The third-order valence-corrected chi connectivity index (χ3v) is 5.63. The van der Waals surface area contributed by atoms with Crippen molar-refractivity contribution in [3.05, 3.63) is 29.8 Å². The van der Waals surface area contributed by atoms with Crippen molar-refractivity contribution >= 4 is 11.2 Å². The summed E-state index contributed by atoms with van der Waals surface area (Å²) >= 11 is -0.808. The number of aryl methyl sites for hydroxylation is 1. The number of unbranched alkanes of at least 4 members (excludes halogenated alkanes) is 9. The summed E-state index contributed by atoms with van der Waals surface area (Å²) in [4.78, 5) is 1.02. The third kappa shape index (κ3) is 8.53. The van der Waals surface area contributed by atoms with Crippen molar-refractivity contribution in [3.8, 4) is 0 Å². The topological polar surface area (TPSA) is 23.1 Å². The zero-order valence-electron chi connectivity index (χ0n) is 13.9. The highest BCUT2D eigenvalue weighted by molar-refractivity contribution is 7.91. The zero-order chi connectivity index (χ0) is 15.3. The van der Waals surface area contributed by atoms with Crippen LogP contribution < -0.4 is 0 Å². The molecule has 0 aliphatic heterocycles. The summed E-state index contributed by atoms with van der Waals surface area (Å²) in [6, 6.07) is 8.04. The van der Waals surface area contributed by atoms with Gasteiger partial charge in [-0.3, -0.25) is 0 Å². The first-order chi connectivity index (χ1) is 10.3. The number of hydrogen-bond donors (Lipinski definition) is 0. The van der Waals surface area contributed by atoms with Crippen LogP contribution in [0.5, 0.6) is 0 Å². The Kier molecular flexibility index (Phi) is 10.7. The van der Waals surface area contributed by atoms with E-state index in [1.165, 1.54) is 57.8 Å². The van der Waals surface area contributed by atoms with Crippen LogP contribution in [0.15, 0.2) is 29.2 Å². The van der Waals surface area contributed by atoms with Crippen molar-refractivity contribution in [2.45, 2.75) is 83.0 Å². The summed E-state index contributed by atoms with van der Waals surface area (Å²) in [6.07, 6.45) is 13.3. The van der Waals surface area contributed by atoms with E-state index >= 15 is 0 Å². The van der Waals surface area contributed by atoms with Crippen LogP contribution in [0.1, 0.15) is 76.7 Å². The number of hydrogen-bond acceptors (Lipinski definition) is 1. The molecule has 0 heterocycles. The fourth-order valence-corrected chi connectivity index (χ4v) is 3.99. The van der Waals surface area contributed by atoms with E-state index < -0.39 is 11.2 Å². The van der Waals surface area contributed by atoms with Gasteiger partial charge in [0.15, 0.2) is 4.90 Å². The lowest BCUT2D eigenvalue weighted by molar-refractivity contribution is 0.557. The molecule has 0 saturated heterocycles. The van der Waals surface area contributed by atoms with E-state index in [0.29, 0.717) is 0 Å². The zero-order valence-corrected chi connectivity index (χ0v) is 14.7. The minimum atomic E-state index is -0.808. The van der Waals surface area contributed by atoms with Crippen LogP contribution in [0.4, 0.5) is 0 Å². The molecule has 0 fully saturated rings. The van der Waals surface area contributed by atoms with Crippen LogP contribution in [0, 0.1) is 6.92 Å². The Morgan fingerprint density at radius 3 is 1.90 bits per heavy atom. The molecule has 1 unspecified atom stereocenters. The second-order valence-corrected chi connectivity index (χ2v) is 7.54. The van der Waals surface area contributed by atoms with Gasteiger partial charge in [-0.15, -0.1) is 0 Å². The summed E-state index contributed by atoms with van der Waals surface area (Å²) < 4.78 is 12.2. The highest BCUT2D eigenvalue weighted by Crippen LogP contribution is 2.18. The molecule has 0 radical (unpaired) electrons. The Labute approximate surface area is 134 Å². The average molecular weight is 309 g/mol. The van der Waals surface area contributed by atoms with Crippen LogP contribution in [0.3, 0.4) is 0 Å². The fourth-order valence-electron chi connectivity index (χ4n) is 2.64. The first kappa shape index (κ1) is 18.6. The molecule has 0 N–H and O–H groups in total. The fraction of sp³-hybridized carbons (Fsp3) is 0.684. The van der Waals surface area contributed by atoms with Gasteiger partial charge in [-0.1, -0.05) is 76.5 Å². The molecule has 1 atom stereocenters. The monoisotopic (exact) mass is 308 g/mol. The summed E-state index contributed by atoms with van der Waals surface area (Å²) in [7, 11) is 0. The predicted molar refractivity (Wildman–Crippen MR) is 94.3 cm³/mol. The van der Waals surface area contributed by atoms with Gasteiger partial charge < -0.3 is 4.55 Å². The van der Waals surface area contributed by atoms with Crippen molar-refractivity contribution in [1.82, 2.24) is 0 Å².